The molecule has 2 amide bonds. The Morgan fingerprint density at radius 3 is 2.06 bits per heavy atom. The van der Waals surface area contributed by atoms with E-state index in [0.717, 1.165) is 24.7 Å². The summed E-state index contributed by atoms with van der Waals surface area (Å²) in [7, 11) is 1.15. The van der Waals surface area contributed by atoms with E-state index in [1.54, 1.807) is 24.4 Å². The quantitative estimate of drug-likeness (QED) is 0.0901. The molecular formula is C40H44N3O9+. The molecule has 0 bridgehead atoms. The molecule has 0 fully saturated rings. The first-order valence-electron chi connectivity index (χ1n) is 16.9. The van der Waals surface area contributed by atoms with E-state index in [1.807, 2.05) is 74.5 Å². The zero-order chi connectivity index (χ0) is 37.3. The summed E-state index contributed by atoms with van der Waals surface area (Å²) in [5.41, 5.74) is 3.09. The number of hydrogen-bond acceptors (Lipinski definition) is 9. The molecule has 12 heteroatoms. The van der Waals surface area contributed by atoms with Crippen LogP contribution in [0.4, 0.5) is 4.79 Å². The average molecular weight is 711 g/mol. The number of amides is 2. The summed E-state index contributed by atoms with van der Waals surface area (Å²) in [4.78, 5) is 63.3. The number of benzene rings is 3. The van der Waals surface area contributed by atoms with Crippen molar-refractivity contribution in [3.8, 4) is 0 Å². The van der Waals surface area contributed by atoms with Crippen LogP contribution in [0, 0.1) is 5.92 Å². The topological polar surface area (TPSA) is 150 Å². The first-order valence-corrected chi connectivity index (χ1v) is 16.9. The lowest BCUT2D eigenvalue weighted by atomic mass is 9.98. The van der Waals surface area contributed by atoms with Crippen LogP contribution in [-0.4, -0.2) is 55.7 Å². The highest BCUT2D eigenvalue weighted by Crippen LogP contribution is 2.13. The van der Waals surface area contributed by atoms with Crippen molar-refractivity contribution in [3.05, 3.63) is 137 Å². The van der Waals surface area contributed by atoms with E-state index in [9.17, 15) is 24.0 Å². The number of esters is 3. The molecule has 3 aromatic carbocycles. The SMILES string of the molecule is COC(=O)[C@H](COC(=O)c1cccc(COC(=O)N[C@@H](C)Cc2ccccc2)c1)NC(=O)c1ccc[n+](COC(=O)C[C@@H](C)Cc2ccccc2)c1. The van der Waals surface area contributed by atoms with E-state index in [0.29, 0.717) is 12.0 Å². The van der Waals surface area contributed by atoms with Gasteiger partial charge in [0, 0.05) is 18.5 Å². The average Bonchev–Trinajstić information content (AvgIpc) is 3.15. The van der Waals surface area contributed by atoms with Gasteiger partial charge in [-0.25, -0.2) is 14.4 Å². The Morgan fingerprint density at radius 1 is 0.712 bits per heavy atom. The third kappa shape index (κ3) is 13.0. The van der Waals surface area contributed by atoms with Crippen LogP contribution >= 0.6 is 0 Å². The summed E-state index contributed by atoms with van der Waals surface area (Å²) in [5, 5.41) is 5.32. The van der Waals surface area contributed by atoms with Crippen molar-refractivity contribution in [3.63, 3.8) is 0 Å². The highest BCUT2D eigenvalue weighted by atomic mass is 16.6. The third-order valence-electron chi connectivity index (χ3n) is 7.89. The summed E-state index contributed by atoms with van der Waals surface area (Å²) in [5.74, 6) is -2.51. The molecule has 0 spiro atoms. The first kappa shape index (κ1) is 38.8. The number of carbonyl (C=O) groups is 5. The Balaban J connectivity index is 1.24. The van der Waals surface area contributed by atoms with Gasteiger partial charge in [-0.15, -0.1) is 0 Å². The van der Waals surface area contributed by atoms with E-state index < -0.39 is 36.6 Å². The fraction of sp³-hybridized carbons (Fsp3) is 0.300. The molecule has 1 heterocycles. The van der Waals surface area contributed by atoms with Gasteiger partial charge in [-0.2, -0.15) is 4.57 Å². The van der Waals surface area contributed by atoms with E-state index in [4.69, 9.17) is 18.9 Å². The predicted octanol–water partition coefficient (Wildman–Crippen LogP) is 4.73. The highest BCUT2D eigenvalue weighted by Gasteiger charge is 2.26. The number of nitrogens with zero attached hydrogens (tertiary/aromatic N) is 1. The van der Waals surface area contributed by atoms with Crippen LogP contribution in [0.2, 0.25) is 0 Å². The predicted molar refractivity (Wildman–Crippen MR) is 190 cm³/mol. The first-order chi connectivity index (χ1) is 25.1. The maximum absolute atomic E-state index is 13.1. The number of alkyl carbamates (subject to hydrolysis) is 1. The number of hydrogen-bond donors (Lipinski definition) is 2. The molecule has 12 nitrogen and oxygen atoms in total. The minimum atomic E-state index is -1.31. The van der Waals surface area contributed by atoms with Crippen molar-refractivity contribution in [2.24, 2.45) is 5.92 Å². The van der Waals surface area contributed by atoms with Crippen LogP contribution in [0.3, 0.4) is 0 Å². The number of methoxy groups -OCH3 is 1. The van der Waals surface area contributed by atoms with Crippen LogP contribution in [-0.2, 0) is 54.7 Å². The lowest BCUT2D eigenvalue weighted by Gasteiger charge is -2.17. The van der Waals surface area contributed by atoms with Crippen molar-refractivity contribution in [1.29, 1.82) is 0 Å². The molecule has 2 N–H and O–H groups in total. The van der Waals surface area contributed by atoms with Gasteiger partial charge in [0.1, 0.15) is 18.8 Å². The monoisotopic (exact) mass is 710 g/mol. The van der Waals surface area contributed by atoms with Crippen LogP contribution in [0.15, 0.2) is 109 Å². The van der Waals surface area contributed by atoms with Crippen molar-refractivity contribution >= 4 is 29.9 Å². The molecule has 0 unspecified atom stereocenters. The Labute approximate surface area is 303 Å². The van der Waals surface area contributed by atoms with Crippen LogP contribution < -0.4 is 15.2 Å². The van der Waals surface area contributed by atoms with E-state index in [1.165, 1.54) is 29.0 Å². The normalized spacial score (nSPS) is 12.4. The zero-order valence-electron chi connectivity index (χ0n) is 29.5. The Morgan fingerprint density at radius 2 is 1.37 bits per heavy atom. The standard InChI is InChI=1S/C40H43N3O9/c1-28(20-30-12-6-4-7-13-30)21-36(44)52-27-43-19-11-18-34(24-43)37(45)42-35(39(47)49-3)26-50-38(46)33-17-10-16-32(23-33)25-51-40(48)41-29(2)22-31-14-8-5-9-15-31/h4-19,23-24,28-29,35H,20-22,25-27H2,1-3H3,(H-,41,42,45,48)/p+1/t28-,29-,35-/m0/s1. The second kappa shape index (κ2) is 20.0. The summed E-state index contributed by atoms with van der Waals surface area (Å²) < 4.78 is 22.5. The number of pyridine rings is 1. The fourth-order valence-corrected chi connectivity index (χ4v) is 5.31. The minimum absolute atomic E-state index is 0.0806. The van der Waals surface area contributed by atoms with Crippen LogP contribution in [0.25, 0.3) is 0 Å². The van der Waals surface area contributed by atoms with Gasteiger partial charge in [0.25, 0.3) is 12.6 Å². The number of ether oxygens (including phenoxy) is 4. The van der Waals surface area contributed by atoms with Gasteiger partial charge in [0.05, 0.1) is 12.7 Å². The minimum Gasteiger partial charge on any atom is -0.467 e. The van der Waals surface area contributed by atoms with Crippen molar-refractivity contribution in [2.45, 2.75) is 58.5 Å². The molecule has 0 aliphatic carbocycles. The number of rotatable bonds is 17. The van der Waals surface area contributed by atoms with E-state index in [2.05, 4.69) is 10.6 Å². The van der Waals surface area contributed by atoms with Gasteiger partial charge in [0.15, 0.2) is 18.4 Å². The second-order valence-electron chi connectivity index (χ2n) is 12.4. The van der Waals surface area contributed by atoms with Gasteiger partial charge >= 0.3 is 24.0 Å². The molecule has 1 aromatic heterocycles. The molecule has 3 atom stereocenters. The van der Waals surface area contributed by atoms with Gasteiger partial charge in [0.2, 0.25) is 0 Å². The van der Waals surface area contributed by atoms with Crippen LogP contribution in [0.1, 0.15) is 57.7 Å². The van der Waals surface area contributed by atoms with Gasteiger partial charge in [-0.05, 0) is 60.6 Å². The highest BCUT2D eigenvalue weighted by molar-refractivity contribution is 5.96. The summed E-state index contributed by atoms with van der Waals surface area (Å²) >= 11 is 0. The molecule has 4 rings (SSSR count). The molecule has 0 aliphatic heterocycles. The maximum atomic E-state index is 13.1. The van der Waals surface area contributed by atoms with Crippen molar-refractivity contribution in [2.75, 3.05) is 13.7 Å². The summed E-state index contributed by atoms with van der Waals surface area (Å²) in [6.45, 7) is 3.14. The zero-order valence-corrected chi connectivity index (χ0v) is 29.5. The Bertz CT molecular complexity index is 1800. The van der Waals surface area contributed by atoms with Crippen LogP contribution in [0.5, 0.6) is 0 Å². The molecule has 52 heavy (non-hydrogen) atoms. The molecule has 272 valence electrons. The lowest BCUT2D eigenvalue weighted by Crippen LogP contribution is -2.46. The summed E-state index contributed by atoms with van der Waals surface area (Å²) in [6.07, 6.45) is 4.12. The number of carbonyl (C=O) groups excluding carboxylic acids is 5. The van der Waals surface area contributed by atoms with Gasteiger partial charge in [-0.3, -0.25) is 9.59 Å². The van der Waals surface area contributed by atoms with Gasteiger partial charge in [-0.1, -0.05) is 79.7 Å². The largest absolute Gasteiger partial charge is 0.467 e. The molecule has 4 aromatic rings. The second-order valence-corrected chi connectivity index (χ2v) is 12.4. The number of nitrogens with one attached hydrogen (secondary N) is 2. The molecule has 0 aliphatic rings. The van der Waals surface area contributed by atoms with E-state index >= 15 is 0 Å². The lowest BCUT2D eigenvalue weighted by molar-refractivity contribution is -0.727. The van der Waals surface area contributed by atoms with Crippen molar-refractivity contribution in [1.82, 2.24) is 10.6 Å². The molecule has 0 saturated heterocycles. The number of aromatic nitrogens is 1. The molecule has 0 saturated carbocycles. The fourth-order valence-electron chi connectivity index (χ4n) is 5.31. The van der Waals surface area contributed by atoms with Crippen molar-refractivity contribution < 1.29 is 47.5 Å². The summed E-state index contributed by atoms with van der Waals surface area (Å²) in [6, 6.07) is 27.6. The van der Waals surface area contributed by atoms with E-state index in [-0.39, 0.29) is 48.8 Å². The molecular weight excluding hydrogens is 666 g/mol. The third-order valence-corrected chi connectivity index (χ3v) is 7.89. The molecule has 0 radical (unpaired) electrons. The smallest absolute Gasteiger partial charge is 0.407 e. The van der Waals surface area contributed by atoms with Gasteiger partial charge < -0.3 is 29.6 Å². The maximum Gasteiger partial charge on any atom is 0.407 e. The Hall–Kier alpha value is -6.04. The Kier molecular flexibility index (Phi) is 14.9.